The Morgan fingerprint density at radius 2 is 1.61 bits per heavy atom. The second-order valence-corrected chi connectivity index (χ2v) is 8.57. The van der Waals surface area contributed by atoms with Gasteiger partial charge in [0.15, 0.2) is 5.69 Å². The molecule has 1 saturated heterocycles. The van der Waals surface area contributed by atoms with E-state index >= 15 is 0 Å². The summed E-state index contributed by atoms with van der Waals surface area (Å²) >= 11 is 0. The lowest BCUT2D eigenvalue weighted by Gasteiger charge is -2.33. The van der Waals surface area contributed by atoms with Gasteiger partial charge in [-0.1, -0.05) is 0 Å². The minimum atomic E-state index is -0.485. The number of primary amides is 1. The Morgan fingerprint density at radius 3 is 2.24 bits per heavy atom. The smallest absolute Gasteiger partial charge is 0.269 e. The maximum Gasteiger partial charge on any atom is 0.269 e. The van der Waals surface area contributed by atoms with Gasteiger partial charge in [-0.25, -0.2) is 4.68 Å². The molecular weight excluding hydrogens is 418 g/mol. The van der Waals surface area contributed by atoms with Crippen LogP contribution >= 0.6 is 0 Å². The highest BCUT2D eigenvalue weighted by molar-refractivity contribution is 5.98. The summed E-state index contributed by atoms with van der Waals surface area (Å²) in [6, 6.07) is 14.9. The highest BCUT2D eigenvalue weighted by Gasteiger charge is 2.35. The molecule has 1 atom stereocenters. The largest absolute Gasteiger partial charge is 0.497 e. The Balaban J connectivity index is 1.43. The number of carbonyl (C=O) groups excluding carboxylic acids is 1. The van der Waals surface area contributed by atoms with E-state index in [4.69, 9.17) is 20.3 Å². The standard InChI is InChI=1S/C25H29N5O3/c1-32-18-6-8-20(9-7-18)33-19-4-2-17(3-5-19)30-24(25(26)31)23-22(29-30)21(12-15-28-23)16-10-13-27-14-11-16/h2-9,16,21,27-28H,10-15H2,1H3,(H2,26,31). The molecule has 2 aliphatic heterocycles. The summed E-state index contributed by atoms with van der Waals surface area (Å²) in [5.41, 5.74) is 8.74. The number of nitrogens with zero attached hydrogens (tertiary/aromatic N) is 2. The van der Waals surface area contributed by atoms with Crippen LogP contribution in [0.3, 0.4) is 0 Å². The number of fused-ring (bicyclic) bond motifs is 1. The lowest BCUT2D eigenvalue weighted by Crippen LogP contribution is -2.33. The molecule has 0 saturated carbocycles. The average Bonchev–Trinajstić information content (AvgIpc) is 3.26. The van der Waals surface area contributed by atoms with Crippen LogP contribution in [0, 0.1) is 5.92 Å². The van der Waals surface area contributed by atoms with Crippen molar-refractivity contribution >= 4 is 11.6 Å². The molecule has 0 spiro atoms. The van der Waals surface area contributed by atoms with Crippen LogP contribution in [0.1, 0.15) is 41.4 Å². The second-order valence-electron chi connectivity index (χ2n) is 8.57. The van der Waals surface area contributed by atoms with Gasteiger partial charge >= 0.3 is 0 Å². The number of nitrogens with one attached hydrogen (secondary N) is 2. The molecule has 8 heteroatoms. The van der Waals surface area contributed by atoms with Gasteiger partial charge in [-0.05, 0) is 86.8 Å². The van der Waals surface area contributed by atoms with Crippen LogP contribution in [0.25, 0.3) is 5.69 Å². The molecule has 3 aromatic rings. The van der Waals surface area contributed by atoms with Crippen LogP contribution in [-0.4, -0.2) is 42.4 Å². The molecule has 8 nitrogen and oxygen atoms in total. The van der Waals surface area contributed by atoms with Crippen molar-refractivity contribution in [2.45, 2.75) is 25.2 Å². The number of ether oxygens (including phenoxy) is 2. The van der Waals surface area contributed by atoms with Crippen molar-refractivity contribution in [1.29, 1.82) is 0 Å². The topological polar surface area (TPSA) is 103 Å². The van der Waals surface area contributed by atoms with Gasteiger partial charge < -0.3 is 25.8 Å². The molecule has 4 N–H and O–H groups in total. The summed E-state index contributed by atoms with van der Waals surface area (Å²) in [5, 5.41) is 11.7. The first-order chi connectivity index (χ1) is 16.1. The van der Waals surface area contributed by atoms with Crippen molar-refractivity contribution in [3.05, 3.63) is 59.9 Å². The van der Waals surface area contributed by atoms with Crippen molar-refractivity contribution in [2.24, 2.45) is 11.7 Å². The first kappa shape index (κ1) is 21.3. The number of nitrogens with two attached hydrogens (primary N) is 1. The number of hydrogen-bond donors (Lipinski definition) is 3. The van der Waals surface area contributed by atoms with Gasteiger partial charge in [0.1, 0.15) is 17.2 Å². The average molecular weight is 448 g/mol. The Bertz CT molecular complexity index is 1120. The number of carbonyl (C=O) groups is 1. The Morgan fingerprint density at radius 1 is 0.970 bits per heavy atom. The normalized spacial score (nSPS) is 18.3. The third-order valence-electron chi connectivity index (χ3n) is 6.58. The number of aromatic nitrogens is 2. The molecule has 0 aliphatic carbocycles. The van der Waals surface area contributed by atoms with E-state index in [1.807, 2.05) is 48.5 Å². The van der Waals surface area contributed by atoms with Crippen LogP contribution in [0.2, 0.25) is 0 Å². The van der Waals surface area contributed by atoms with E-state index in [-0.39, 0.29) is 0 Å². The molecule has 172 valence electrons. The minimum Gasteiger partial charge on any atom is -0.497 e. The second kappa shape index (κ2) is 9.15. The van der Waals surface area contributed by atoms with Gasteiger partial charge in [-0.15, -0.1) is 0 Å². The number of rotatable bonds is 6. The van der Waals surface area contributed by atoms with Crippen molar-refractivity contribution in [2.75, 3.05) is 32.1 Å². The molecule has 3 heterocycles. The quantitative estimate of drug-likeness (QED) is 0.533. The predicted molar refractivity (Wildman–Crippen MR) is 127 cm³/mol. The zero-order chi connectivity index (χ0) is 22.8. The number of anilines is 1. The summed E-state index contributed by atoms with van der Waals surface area (Å²) in [5.74, 6) is 2.59. The maximum absolute atomic E-state index is 12.4. The van der Waals surface area contributed by atoms with E-state index in [1.165, 1.54) is 0 Å². The summed E-state index contributed by atoms with van der Waals surface area (Å²) < 4.78 is 12.8. The van der Waals surface area contributed by atoms with Gasteiger partial charge in [-0.3, -0.25) is 4.79 Å². The summed E-state index contributed by atoms with van der Waals surface area (Å²) in [7, 11) is 1.63. The summed E-state index contributed by atoms with van der Waals surface area (Å²) in [6.07, 6.45) is 3.27. The molecule has 2 aliphatic rings. The third kappa shape index (κ3) is 4.26. The number of benzene rings is 2. The molecule has 1 aromatic heterocycles. The fourth-order valence-electron chi connectivity index (χ4n) is 4.91. The van der Waals surface area contributed by atoms with Crippen molar-refractivity contribution < 1.29 is 14.3 Å². The van der Waals surface area contributed by atoms with Crippen molar-refractivity contribution in [3.8, 4) is 22.9 Å². The summed E-state index contributed by atoms with van der Waals surface area (Å²) in [4.78, 5) is 12.4. The molecule has 2 aromatic carbocycles. The fraction of sp³-hybridized carbons (Fsp3) is 0.360. The van der Waals surface area contributed by atoms with Gasteiger partial charge in [-0.2, -0.15) is 5.10 Å². The van der Waals surface area contributed by atoms with Crippen molar-refractivity contribution in [3.63, 3.8) is 0 Å². The highest BCUT2D eigenvalue weighted by atomic mass is 16.5. The number of hydrogen-bond acceptors (Lipinski definition) is 6. The number of methoxy groups -OCH3 is 1. The minimum absolute atomic E-state index is 0.334. The Hall–Kier alpha value is -3.52. The first-order valence-electron chi connectivity index (χ1n) is 11.4. The fourth-order valence-corrected chi connectivity index (χ4v) is 4.91. The van der Waals surface area contributed by atoms with Crippen molar-refractivity contribution in [1.82, 2.24) is 15.1 Å². The molecule has 33 heavy (non-hydrogen) atoms. The molecule has 0 bridgehead atoms. The van der Waals surface area contributed by atoms with Gasteiger partial charge in [0, 0.05) is 12.5 Å². The molecule has 0 radical (unpaired) electrons. The van der Waals surface area contributed by atoms with E-state index in [0.717, 1.165) is 61.7 Å². The number of amides is 1. The SMILES string of the molecule is COc1ccc(Oc2ccc(-n3nc4c(c3C(N)=O)NCCC4C3CCNCC3)cc2)cc1. The highest BCUT2D eigenvalue weighted by Crippen LogP contribution is 2.41. The number of piperidine rings is 1. The van der Waals surface area contributed by atoms with Gasteiger partial charge in [0.05, 0.1) is 24.2 Å². The monoisotopic (exact) mass is 447 g/mol. The van der Waals surface area contributed by atoms with Crippen LogP contribution in [0.4, 0.5) is 5.69 Å². The van der Waals surface area contributed by atoms with Gasteiger partial charge in [0.2, 0.25) is 0 Å². The summed E-state index contributed by atoms with van der Waals surface area (Å²) in [6.45, 7) is 2.88. The molecular formula is C25H29N5O3. The van der Waals surface area contributed by atoms with Crippen LogP contribution < -0.4 is 25.8 Å². The van der Waals surface area contributed by atoms with Crippen LogP contribution in [-0.2, 0) is 0 Å². The van der Waals surface area contributed by atoms with Gasteiger partial charge in [0.25, 0.3) is 5.91 Å². The lowest BCUT2D eigenvalue weighted by molar-refractivity contribution is 0.0993. The van der Waals surface area contributed by atoms with Crippen LogP contribution in [0.15, 0.2) is 48.5 Å². The van der Waals surface area contributed by atoms with E-state index in [1.54, 1.807) is 11.8 Å². The Kier molecular flexibility index (Phi) is 5.92. The lowest BCUT2D eigenvalue weighted by atomic mass is 9.79. The zero-order valence-corrected chi connectivity index (χ0v) is 18.7. The van der Waals surface area contributed by atoms with Crippen LogP contribution in [0.5, 0.6) is 17.2 Å². The van der Waals surface area contributed by atoms with E-state index in [0.29, 0.717) is 29.0 Å². The third-order valence-corrected chi connectivity index (χ3v) is 6.58. The molecule has 5 rings (SSSR count). The Labute approximate surface area is 193 Å². The van der Waals surface area contributed by atoms with E-state index in [9.17, 15) is 4.79 Å². The predicted octanol–water partition coefficient (Wildman–Crippen LogP) is 3.67. The van der Waals surface area contributed by atoms with E-state index in [2.05, 4.69) is 10.6 Å². The maximum atomic E-state index is 12.4. The van der Waals surface area contributed by atoms with E-state index < -0.39 is 5.91 Å². The molecule has 1 amide bonds. The first-order valence-corrected chi connectivity index (χ1v) is 11.4. The molecule has 1 unspecified atom stereocenters. The molecule has 1 fully saturated rings. The zero-order valence-electron chi connectivity index (χ0n) is 18.7.